The summed E-state index contributed by atoms with van der Waals surface area (Å²) in [6, 6.07) is 8.93. The predicted octanol–water partition coefficient (Wildman–Crippen LogP) is 5.64. The summed E-state index contributed by atoms with van der Waals surface area (Å²) < 4.78 is 27.9. The number of hydrogen-bond donors (Lipinski definition) is 2. The highest BCUT2D eigenvalue weighted by Crippen LogP contribution is 2.32. The smallest absolute Gasteiger partial charge is 0.237 e. The fourth-order valence-corrected chi connectivity index (χ4v) is 4.25. The molecule has 3 aromatic rings. The zero-order valence-corrected chi connectivity index (χ0v) is 17.2. The molecule has 28 heavy (non-hydrogen) atoms. The highest BCUT2D eigenvalue weighted by Gasteiger charge is 2.20. The van der Waals surface area contributed by atoms with Gasteiger partial charge in [0.1, 0.15) is 17.3 Å². The van der Waals surface area contributed by atoms with Crippen LogP contribution >= 0.6 is 34.7 Å². The van der Waals surface area contributed by atoms with Gasteiger partial charge in [-0.1, -0.05) is 46.8 Å². The molecule has 0 radical (unpaired) electrons. The topological polar surface area (TPSA) is 66.9 Å². The van der Waals surface area contributed by atoms with Crippen molar-refractivity contribution >= 4 is 57.1 Å². The molecule has 0 saturated heterocycles. The van der Waals surface area contributed by atoms with Crippen LogP contribution in [0.4, 0.5) is 25.3 Å². The van der Waals surface area contributed by atoms with E-state index in [1.54, 1.807) is 13.0 Å². The summed E-state index contributed by atoms with van der Waals surface area (Å²) in [6.45, 7) is 3.53. The molecule has 1 unspecified atom stereocenters. The highest BCUT2D eigenvalue weighted by molar-refractivity contribution is 8.02. The van der Waals surface area contributed by atoms with E-state index < -0.39 is 28.5 Å². The number of anilines is 3. The summed E-state index contributed by atoms with van der Waals surface area (Å²) in [5, 5.41) is 14.0. The van der Waals surface area contributed by atoms with Crippen LogP contribution < -0.4 is 10.6 Å². The van der Waals surface area contributed by atoms with Crippen LogP contribution in [0.2, 0.25) is 5.02 Å². The number of para-hydroxylation sites is 1. The van der Waals surface area contributed by atoms with E-state index in [2.05, 4.69) is 20.8 Å². The maximum Gasteiger partial charge on any atom is 0.237 e. The van der Waals surface area contributed by atoms with Crippen LogP contribution in [0.5, 0.6) is 0 Å². The molecular formula is C18H15ClF2N4OS2. The fraction of sp³-hybridized carbons (Fsp3) is 0.167. The number of thioether (sulfide) groups is 1. The Morgan fingerprint density at radius 3 is 2.61 bits per heavy atom. The standard InChI is InChI=1S/C18H15ClF2N4OS2/c1-9-6-7-11(8-12(9)19)22-17-24-25-18(28-17)27-10(2)16(26)23-15-13(20)4-3-5-14(15)21/h3-8,10H,1-2H3,(H,22,24)(H,23,26). The van der Waals surface area contributed by atoms with E-state index in [1.165, 1.54) is 17.4 Å². The first-order chi connectivity index (χ1) is 13.3. The molecule has 0 aliphatic carbocycles. The number of rotatable bonds is 6. The van der Waals surface area contributed by atoms with Crippen molar-refractivity contribution in [2.24, 2.45) is 0 Å². The molecule has 0 fully saturated rings. The molecule has 0 spiro atoms. The van der Waals surface area contributed by atoms with E-state index in [-0.39, 0.29) is 0 Å². The highest BCUT2D eigenvalue weighted by atomic mass is 35.5. The van der Waals surface area contributed by atoms with Gasteiger partial charge in [0.2, 0.25) is 11.0 Å². The summed E-state index contributed by atoms with van der Waals surface area (Å²) >= 11 is 8.50. The molecular weight excluding hydrogens is 426 g/mol. The van der Waals surface area contributed by atoms with Crippen molar-refractivity contribution in [3.05, 3.63) is 58.6 Å². The Bertz CT molecular complexity index is 995. The molecule has 0 aliphatic rings. The van der Waals surface area contributed by atoms with Gasteiger partial charge < -0.3 is 10.6 Å². The molecule has 1 heterocycles. The Balaban J connectivity index is 1.62. The normalized spacial score (nSPS) is 11.9. The number of carbonyl (C=O) groups excluding carboxylic acids is 1. The first-order valence-electron chi connectivity index (χ1n) is 8.11. The van der Waals surface area contributed by atoms with E-state index in [1.807, 2.05) is 19.1 Å². The van der Waals surface area contributed by atoms with E-state index in [9.17, 15) is 13.6 Å². The molecule has 1 atom stereocenters. The molecule has 2 N–H and O–H groups in total. The number of nitrogens with zero attached hydrogens (tertiary/aromatic N) is 2. The van der Waals surface area contributed by atoms with Crippen molar-refractivity contribution < 1.29 is 13.6 Å². The lowest BCUT2D eigenvalue weighted by Crippen LogP contribution is -2.23. The number of aromatic nitrogens is 2. The van der Waals surface area contributed by atoms with Gasteiger partial charge in [0.15, 0.2) is 4.34 Å². The van der Waals surface area contributed by atoms with Gasteiger partial charge in [-0.2, -0.15) is 0 Å². The summed E-state index contributed by atoms with van der Waals surface area (Å²) in [7, 11) is 0. The number of benzene rings is 2. The number of nitrogens with one attached hydrogen (secondary N) is 2. The zero-order chi connectivity index (χ0) is 20.3. The number of amides is 1. The van der Waals surface area contributed by atoms with Crippen molar-refractivity contribution in [1.29, 1.82) is 0 Å². The molecule has 3 rings (SSSR count). The van der Waals surface area contributed by atoms with Crippen LogP contribution in [0.25, 0.3) is 0 Å². The predicted molar refractivity (Wildman–Crippen MR) is 110 cm³/mol. The van der Waals surface area contributed by atoms with Crippen molar-refractivity contribution in [3.8, 4) is 0 Å². The molecule has 2 aromatic carbocycles. The maximum atomic E-state index is 13.7. The average molecular weight is 441 g/mol. The van der Waals surface area contributed by atoms with Crippen LogP contribution in [-0.2, 0) is 4.79 Å². The Morgan fingerprint density at radius 1 is 1.21 bits per heavy atom. The fourth-order valence-electron chi connectivity index (χ4n) is 2.15. The Hall–Kier alpha value is -2.23. The Kier molecular flexibility index (Phi) is 6.48. The van der Waals surface area contributed by atoms with E-state index >= 15 is 0 Å². The van der Waals surface area contributed by atoms with Crippen LogP contribution in [0.1, 0.15) is 12.5 Å². The molecule has 0 saturated carbocycles. The average Bonchev–Trinajstić information content (AvgIpc) is 3.08. The second kappa shape index (κ2) is 8.85. The van der Waals surface area contributed by atoms with Gasteiger partial charge in [0, 0.05) is 10.7 Å². The first-order valence-corrected chi connectivity index (χ1v) is 10.2. The van der Waals surface area contributed by atoms with Gasteiger partial charge in [0.05, 0.1) is 5.25 Å². The minimum absolute atomic E-state index is 0.462. The third-order valence-electron chi connectivity index (χ3n) is 3.69. The third-order valence-corrected chi connectivity index (χ3v) is 6.12. The second-order valence-corrected chi connectivity index (χ2v) is 8.78. The zero-order valence-electron chi connectivity index (χ0n) is 14.8. The quantitative estimate of drug-likeness (QED) is 0.485. The van der Waals surface area contributed by atoms with Gasteiger partial charge in [-0.15, -0.1) is 10.2 Å². The molecule has 146 valence electrons. The summed E-state index contributed by atoms with van der Waals surface area (Å²) in [5.41, 5.74) is 1.27. The van der Waals surface area contributed by atoms with E-state index in [0.717, 1.165) is 35.1 Å². The van der Waals surface area contributed by atoms with Gasteiger partial charge in [-0.25, -0.2) is 8.78 Å². The van der Waals surface area contributed by atoms with Gasteiger partial charge in [-0.3, -0.25) is 4.79 Å². The number of aryl methyl sites for hydroxylation is 1. The lowest BCUT2D eigenvalue weighted by atomic mass is 10.2. The molecule has 1 aromatic heterocycles. The van der Waals surface area contributed by atoms with Crippen LogP contribution in [-0.4, -0.2) is 21.4 Å². The second-order valence-electron chi connectivity index (χ2n) is 5.81. The molecule has 10 heteroatoms. The number of halogens is 3. The molecule has 0 bridgehead atoms. The number of hydrogen-bond acceptors (Lipinski definition) is 6. The molecule has 1 amide bonds. The monoisotopic (exact) mass is 440 g/mol. The maximum absolute atomic E-state index is 13.7. The van der Waals surface area contributed by atoms with Crippen molar-refractivity contribution in [1.82, 2.24) is 10.2 Å². The van der Waals surface area contributed by atoms with E-state index in [0.29, 0.717) is 14.5 Å². The van der Waals surface area contributed by atoms with Crippen LogP contribution in [0.15, 0.2) is 40.7 Å². The van der Waals surface area contributed by atoms with Crippen molar-refractivity contribution in [2.75, 3.05) is 10.6 Å². The van der Waals surface area contributed by atoms with Crippen LogP contribution in [0, 0.1) is 18.6 Å². The SMILES string of the molecule is Cc1ccc(Nc2nnc(SC(C)C(=O)Nc3c(F)cccc3F)s2)cc1Cl. The van der Waals surface area contributed by atoms with Crippen molar-refractivity contribution in [2.45, 2.75) is 23.4 Å². The lowest BCUT2D eigenvalue weighted by molar-refractivity contribution is -0.115. The number of carbonyl (C=O) groups is 1. The minimum Gasteiger partial charge on any atom is -0.330 e. The first kappa shape index (κ1) is 20.5. The summed E-state index contributed by atoms with van der Waals surface area (Å²) in [4.78, 5) is 12.2. The lowest BCUT2D eigenvalue weighted by Gasteiger charge is -2.11. The van der Waals surface area contributed by atoms with Gasteiger partial charge >= 0.3 is 0 Å². The van der Waals surface area contributed by atoms with Gasteiger partial charge in [-0.05, 0) is 43.7 Å². The van der Waals surface area contributed by atoms with Crippen molar-refractivity contribution in [3.63, 3.8) is 0 Å². The molecule has 5 nitrogen and oxygen atoms in total. The van der Waals surface area contributed by atoms with Gasteiger partial charge in [0.25, 0.3) is 0 Å². The summed E-state index contributed by atoms with van der Waals surface area (Å²) in [5.74, 6) is -2.20. The summed E-state index contributed by atoms with van der Waals surface area (Å²) in [6.07, 6.45) is 0. The largest absolute Gasteiger partial charge is 0.330 e. The van der Waals surface area contributed by atoms with E-state index in [4.69, 9.17) is 11.6 Å². The Morgan fingerprint density at radius 2 is 1.93 bits per heavy atom. The minimum atomic E-state index is -0.829. The Labute approximate surface area is 173 Å². The third kappa shape index (κ3) is 4.98. The van der Waals surface area contributed by atoms with Crippen LogP contribution in [0.3, 0.4) is 0 Å². The molecule has 0 aliphatic heterocycles.